The van der Waals surface area contributed by atoms with Crippen molar-refractivity contribution in [2.24, 2.45) is 10.9 Å². The van der Waals surface area contributed by atoms with Crippen LogP contribution in [0.2, 0.25) is 28.2 Å². The summed E-state index contributed by atoms with van der Waals surface area (Å²) in [6.45, 7) is 23.6. The molecule has 2 unspecified atom stereocenters. The van der Waals surface area contributed by atoms with Crippen molar-refractivity contribution >= 4 is 74.8 Å². The zero-order chi connectivity index (χ0) is 45.4. The number of hydrogen-bond donors (Lipinski definition) is 0. The molecule has 7 rings (SSSR count). The minimum absolute atomic E-state index is 0.0172. The Balaban J connectivity index is 1.44. The molecule has 1 aromatic heterocycles. The third-order valence-electron chi connectivity index (χ3n) is 14.3. The monoisotopic (exact) mass is 1030 g/mol. The van der Waals surface area contributed by atoms with Crippen molar-refractivity contribution in [1.29, 1.82) is 0 Å². The summed E-state index contributed by atoms with van der Waals surface area (Å²) < 4.78 is 19.8. The number of aromatic nitrogens is 1. The Morgan fingerprint density at radius 1 is 0.746 bits per heavy atom. The Morgan fingerprint density at radius 2 is 1.27 bits per heavy atom. The predicted octanol–water partition coefficient (Wildman–Crippen LogP) is 17.4. The van der Waals surface area contributed by atoms with E-state index in [0.717, 1.165) is 77.5 Å². The molecule has 4 nitrogen and oxygen atoms in total. The fourth-order valence-electron chi connectivity index (χ4n) is 9.57. The number of benzene rings is 4. The summed E-state index contributed by atoms with van der Waals surface area (Å²) in [5.74, 6) is 1.91. The minimum atomic E-state index is -2.28. The van der Waals surface area contributed by atoms with Crippen LogP contribution in [-0.4, -0.2) is 24.7 Å². The number of rotatable bonds is 14. The van der Waals surface area contributed by atoms with Gasteiger partial charge in [-0.2, -0.15) is 0 Å². The minimum Gasteiger partial charge on any atom is -0.542 e. The van der Waals surface area contributed by atoms with Gasteiger partial charge in [-0.3, -0.25) is 4.99 Å². The SMILES string of the molecule is CC(=Nc1c(Cl)cccc1Cl)C(CC(Cn1c(C)ccc1C)Oc1c(Br)cc2c(c1-c1c3c(cc(Br)c1O[Si](C)(C)C(C)(C)C)CCCC3)CCCC2)CC(C)(C)c1ccccc1. The quantitative estimate of drug-likeness (QED) is 0.0821. The third-order valence-corrected chi connectivity index (χ3v) is 20.4. The summed E-state index contributed by atoms with van der Waals surface area (Å²) in [7, 11) is -2.28. The van der Waals surface area contributed by atoms with E-state index in [-0.39, 0.29) is 22.5 Å². The van der Waals surface area contributed by atoms with Gasteiger partial charge in [-0.05, 0) is 205 Å². The predicted molar refractivity (Wildman–Crippen MR) is 278 cm³/mol. The van der Waals surface area contributed by atoms with E-state index in [9.17, 15) is 0 Å². The number of hydrogen-bond acceptors (Lipinski definition) is 3. The summed E-state index contributed by atoms with van der Waals surface area (Å²) in [6.07, 6.45) is 10.2. The summed E-state index contributed by atoms with van der Waals surface area (Å²) in [5.41, 5.74) is 13.3. The summed E-state index contributed by atoms with van der Waals surface area (Å²) >= 11 is 21.9. The van der Waals surface area contributed by atoms with Crippen molar-refractivity contribution in [2.45, 2.75) is 156 Å². The molecule has 336 valence electrons. The van der Waals surface area contributed by atoms with E-state index in [1.54, 1.807) is 0 Å². The van der Waals surface area contributed by atoms with E-state index in [1.165, 1.54) is 63.2 Å². The molecular formula is C54H66Br2Cl2N2O2Si. The fourth-order valence-corrected chi connectivity index (χ4v) is 12.4. The van der Waals surface area contributed by atoms with Crippen molar-refractivity contribution in [3.05, 3.63) is 131 Å². The topological polar surface area (TPSA) is 35.8 Å². The molecule has 4 aromatic carbocycles. The molecule has 0 radical (unpaired) electrons. The Morgan fingerprint density at radius 3 is 1.83 bits per heavy atom. The number of nitrogens with zero attached hydrogens (tertiary/aromatic N) is 2. The zero-order valence-electron chi connectivity index (χ0n) is 39.1. The van der Waals surface area contributed by atoms with E-state index < -0.39 is 8.32 Å². The van der Waals surface area contributed by atoms with Crippen molar-refractivity contribution in [2.75, 3.05) is 0 Å². The van der Waals surface area contributed by atoms with Crippen molar-refractivity contribution < 1.29 is 9.16 Å². The van der Waals surface area contributed by atoms with Crippen LogP contribution >= 0.6 is 55.1 Å². The van der Waals surface area contributed by atoms with E-state index >= 15 is 0 Å². The smallest absolute Gasteiger partial charge is 0.250 e. The second-order valence-corrected chi connectivity index (χ2v) is 27.6. The summed E-state index contributed by atoms with van der Waals surface area (Å²) in [6, 6.07) is 25.6. The zero-order valence-corrected chi connectivity index (χ0v) is 44.8. The van der Waals surface area contributed by atoms with Gasteiger partial charge in [0.25, 0.3) is 8.32 Å². The maximum absolute atomic E-state index is 7.83. The van der Waals surface area contributed by atoms with Gasteiger partial charge in [0.1, 0.15) is 23.3 Å². The lowest BCUT2D eigenvalue weighted by Crippen LogP contribution is -2.44. The normalized spacial score (nSPS) is 15.7. The number of aliphatic imine (C=N–C) groups is 1. The molecule has 63 heavy (non-hydrogen) atoms. The maximum Gasteiger partial charge on any atom is 0.250 e. The number of ether oxygens (including phenoxy) is 1. The molecule has 2 atom stereocenters. The maximum atomic E-state index is 7.83. The second-order valence-electron chi connectivity index (χ2n) is 20.4. The highest BCUT2D eigenvalue weighted by Crippen LogP contribution is 2.54. The molecule has 2 aliphatic carbocycles. The average Bonchev–Trinajstić information content (AvgIpc) is 3.54. The number of halogens is 4. The van der Waals surface area contributed by atoms with Crippen molar-refractivity contribution in [3.63, 3.8) is 0 Å². The Kier molecular flexibility index (Phi) is 15.0. The van der Waals surface area contributed by atoms with Crippen LogP contribution in [-0.2, 0) is 37.6 Å². The van der Waals surface area contributed by atoms with Crippen LogP contribution in [0.1, 0.15) is 119 Å². The first kappa shape index (κ1) is 48.1. The van der Waals surface area contributed by atoms with Gasteiger partial charge in [0, 0.05) is 34.1 Å². The van der Waals surface area contributed by atoms with Crippen LogP contribution < -0.4 is 9.16 Å². The highest BCUT2D eigenvalue weighted by atomic mass is 79.9. The third kappa shape index (κ3) is 10.6. The van der Waals surface area contributed by atoms with Gasteiger partial charge in [0.2, 0.25) is 0 Å². The van der Waals surface area contributed by atoms with Crippen LogP contribution in [0.3, 0.4) is 0 Å². The van der Waals surface area contributed by atoms with Crippen LogP contribution in [0.5, 0.6) is 11.5 Å². The lowest BCUT2D eigenvalue weighted by molar-refractivity contribution is 0.151. The first-order valence-electron chi connectivity index (χ1n) is 23.0. The van der Waals surface area contributed by atoms with Gasteiger partial charge in [0.05, 0.1) is 25.5 Å². The number of aryl methyl sites for hydroxylation is 4. The van der Waals surface area contributed by atoms with Crippen LogP contribution in [0.4, 0.5) is 5.69 Å². The van der Waals surface area contributed by atoms with Gasteiger partial charge < -0.3 is 13.7 Å². The fraction of sp³-hybridized carbons (Fsp3) is 0.463. The van der Waals surface area contributed by atoms with Gasteiger partial charge in [0.15, 0.2) is 0 Å². The van der Waals surface area contributed by atoms with Crippen LogP contribution in [0.15, 0.2) is 86.7 Å². The first-order valence-corrected chi connectivity index (χ1v) is 28.2. The molecule has 0 bridgehead atoms. The Labute approximate surface area is 406 Å². The molecule has 0 fully saturated rings. The Hall–Kier alpha value is -2.81. The molecule has 2 aliphatic rings. The average molecular weight is 1030 g/mol. The van der Waals surface area contributed by atoms with E-state index in [1.807, 2.05) is 18.2 Å². The number of para-hydroxylation sites is 1. The van der Waals surface area contributed by atoms with Gasteiger partial charge >= 0.3 is 0 Å². The van der Waals surface area contributed by atoms with Gasteiger partial charge in [-0.15, -0.1) is 0 Å². The molecule has 0 amide bonds. The van der Waals surface area contributed by atoms with E-state index in [2.05, 4.69) is 160 Å². The molecule has 0 aliphatic heterocycles. The standard InChI is InChI=1S/C54H66Br2Cl2N2O2Si/c1-34-27-28-35(2)60(34)33-41(29-39(32-54(7,8)40-21-12-11-13-22-40)36(3)59-50-46(57)25-18-26-47(50)58)61-51-44(55)30-37-19-14-16-23-42(37)48(51)49-43-24-17-15-20-38(43)31-45(56)52(49)62-63(9,10)53(4,5)6/h11-13,18,21-22,25-28,30-31,39,41H,14-17,19-20,23-24,29,32-33H2,1-10H3. The Bertz CT molecular complexity index is 2450. The highest BCUT2D eigenvalue weighted by Gasteiger charge is 2.41. The van der Waals surface area contributed by atoms with Crippen LogP contribution in [0.25, 0.3) is 11.1 Å². The molecule has 1 heterocycles. The largest absolute Gasteiger partial charge is 0.542 e. The summed E-state index contributed by atoms with van der Waals surface area (Å²) in [4.78, 5) is 5.26. The molecule has 0 N–H and O–H groups in total. The van der Waals surface area contributed by atoms with Crippen LogP contribution in [0, 0.1) is 19.8 Å². The van der Waals surface area contributed by atoms with E-state index in [0.29, 0.717) is 22.3 Å². The second kappa shape index (κ2) is 19.6. The molecule has 0 saturated carbocycles. The number of fused-ring (bicyclic) bond motifs is 2. The van der Waals surface area contributed by atoms with Crippen molar-refractivity contribution in [1.82, 2.24) is 4.57 Å². The van der Waals surface area contributed by atoms with Gasteiger partial charge in [-0.1, -0.05) is 94.2 Å². The molecule has 0 spiro atoms. The molecule has 0 saturated heterocycles. The molecular weight excluding hydrogens is 967 g/mol. The summed E-state index contributed by atoms with van der Waals surface area (Å²) in [5, 5.41) is 1.11. The molecule has 9 heteroatoms. The lowest BCUT2D eigenvalue weighted by atomic mass is 9.74. The van der Waals surface area contributed by atoms with Crippen molar-refractivity contribution in [3.8, 4) is 22.6 Å². The lowest BCUT2D eigenvalue weighted by Gasteiger charge is -2.39. The highest BCUT2D eigenvalue weighted by molar-refractivity contribution is 9.11. The molecule has 5 aromatic rings. The van der Waals surface area contributed by atoms with Gasteiger partial charge in [-0.25, -0.2) is 0 Å². The van der Waals surface area contributed by atoms with E-state index in [4.69, 9.17) is 37.4 Å². The first-order chi connectivity index (χ1) is 29.8.